The Hall–Kier alpha value is -1.23. The zero-order valence-corrected chi connectivity index (χ0v) is 8.88. The van der Waals surface area contributed by atoms with Crippen molar-refractivity contribution in [2.24, 2.45) is 0 Å². The van der Waals surface area contributed by atoms with Gasteiger partial charge in [0.1, 0.15) is 5.82 Å². The second kappa shape index (κ2) is 3.49. The molecule has 2 rings (SSSR count). The highest BCUT2D eigenvalue weighted by Crippen LogP contribution is 2.24. The number of benzene rings is 1. The third-order valence-corrected chi connectivity index (χ3v) is 2.15. The smallest absolute Gasteiger partial charge is 0.285 e. The van der Waals surface area contributed by atoms with E-state index in [0.29, 0.717) is 11.5 Å². The zero-order valence-electron chi connectivity index (χ0n) is 7.29. The van der Waals surface area contributed by atoms with Gasteiger partial charge in [-0.2, -0.15) is 0 Å². The van der Waals surface area contributed by atoms with E-state index in [-0.39, 0.29) is 10.6 Å². The van der Waals surface area contributed by atoms with Crippen LogP contribution in [0.3, 0.4) is 0 Å². The van der Waals surface area contributed by atoms with Crippen LogP contribution in [0.5, 0.6) is 0 Å². The highest BCUT2D eigenvalue weighted by molar-refractivity contribution is 9.10. The maximum Gasteiger partial charge on any atom is 0.285 e. The Balaban J connectivity index is 2.55. The third-order valence-electron chi connectivity index (χ3n) is 1.83. The first-order valence-electron chi connectivity index (χ1n) is 3.92. The molecule has 1 aromatic heterocycles. The van der Waals surface area contributed by atoms with Crippen LogP contribution in [0.15, 0.2) is 27.4 Å². The minimum atomic E-state index is -0.320. The van der Waals surface area contributed by atoms with E-state index in [0.717, 1.165) is 5.56 Å². The van der Waals surface area contributed by atoms with Crippen LogP contribution in [-0.2, 0) is 0 Å². The molecule has 0 spiro atoms. The Morgan fingerprint density at radius 2 is 2.14 bits per heavy atom. The van der Waals surface area contributed by atoms with Gasteiger partial charge in [-0.25, -0.2) is 4.39 Å². The van der Waals surface area contributed by atoms with Crippen molar-refractivity contribution in [3.8, 4) is 11.5 Å². The minimum absolute atomic E-state index is 0.288. The molecule has 0 bridgehead atoms. The number of aryl methyl sites for hydroxylation is 1. The molecule has 1 heterocycles. The van der Waals surface area contributed by atoms with E-state index in [1.807, 2.05) is 6.92 Å². The summed E-state index contributed by atoms with van der Waals surface area (Å²) in [5.41, 5.74) is 1.51. The lowest BCUT2D eigenvalue weighted by Gasteiger charge is -1.99. The predicted octanol–water partition coefficient (Wildman–Crippen LogP) is 2.95. The lowest BCUT2D eigenvalue weighted by atomic mass is 10.1. The van der Waals surface area contributed by atoms with Crippen molar-refractivity contribution >= 4 is 15.9 Å². The van der Waals surface area contributed by atoms with Crippen LogP contribution in [-0.4, -0.2) is 10.2 Å². The summed E-state index contributed by atoms with van der Waals surface area (Å²) in [7, 11) is 0. The van der Waals surface area contributed by atoms with E-state index in [1.54, 1.807) is 6.07 Å². The van der Waals surface area contributed by atoms with Gasteiger partial charge in [0.05, 0.1) is 0 Å². The average Bonchev–Trinajstić information content (AvgIpc) is 2.56. The molecule has 0 amide bonds. The minimum Gasteiger partial charge on any atom is -0.411 e. The maximum absolute atomic E-state index is 12.9. The highest BCUT2D eigenvalue weighted by atomic mass is 79.9. The number of hydrogen-bond donors (Lipinski definition) is 0. The van der Waals surface area contributed by atoms with Crippen LogP contribution < -0.4 is 0 Å². The lowest BCUT2D eigenvalue weighted by Crippen LogP contribution is -1.85. The normalized spacial score (nSPS) is 10.5. The molecule has 0 fully saturated rings. The highest BCUT2D eigenvalue weighted by Gasteiger charge is 2.10. The second-order valence-corrected chi connectivity index (χ2v) is 3.50. The van der Waals surface area contributed by atoms with Crippen LogP contribution in [0.25, 0.3) is 11.5 Å². The number of nitrogens with zero attached hydrogens (tertiary/aromatic N) is 2. The Morgan fingerprint density at radius 3 is 2.79 bits per heavy atom. The second-order valence-electron chi connectivity index (χ2n) is 2.82. The standard InChI is InChI=1S/C9H6BrFN2O/c1-5-2-3-6(11)4-7(5)8-12-13-9(10)14-8/h2-4H,1H3. The largest absolute Gasteiger partial charge is 0.411 e. The Morgan fingerprint density at radius 1 is 1.36 bits per heavy atom. The van der Waals surface area contributed by atoms with E-state index < -0.39 is 0 Å². The summed E-state index contributed by atoms with van der Waals surface area (Å²) in [6.07, 6.45) is 0. The van der Waals surface area contributed by atoms with Gasteiger partial charge in [-0.05, 0) is 24.6 Å². The Bertz CT molecular complexity index is 470. The molecule has 72 valence electrons. The van der Waals surface area contributed by atoms with Crippen LogP contribution in [0.2, 0.25) is 0 Å². The van der Waals surface area contributed by atoms with Gasteiger partial charge in [-0.15, -0.1) is 10.2 Å². The summed E-state index contributed by atoms with van der Waals surface area (Å²) < 4.78 is 18.1. The fourth-order valence-electron chi connectivity index (χ4n) is 1.14. The molecule has 2 aromatic rings. The quantitative estimate of drug-likeness (QED) is 0.788. The summed E-state index contributed by atoms with van der Waals surface area (Å²) in [4.78, 5) is 0.288. The van der Waals surface area contributed by atoms with E-state index >= 15 is 0 Å². The van der Waals surface area contributed by atoms with Crippen molar-refractivity contribution < 1.29 is 8.81 Å². The van der Waals surface area contributed by atoms with E-state index in [2.05, 4.69) is 26.1 Å². The summed E-state index contributed by atoms with van der Waals surface area (Å²) in [5, 5.41) is 7.40. The first-order valence-corrected chi connectivity index (χ1v) is 4.71. The van der Waals surface area contributed by atoms with Gasteiger partial charge in [0, 0.05) is 21.5 Å². The first-order chi connectivity index (χ1) is 6.66. The summed E-state index contributed by atoms with van der Waals surface area (Å²) in [6, 6.07) is 4.43. The molecule has 3 nitrogen and oxygen atoms in total. The van der Waals surface area contributed by atoms with Crippen molar-refractivity contribution in [1.29, 1.82) is 0 Å². The van der Waals surface area contributed by atoms with E-state index in [4.69, 9.17) is 4.42 Å². The fraction of sp³-hybridized carbons (Fsp3) is 0.111. The van der Waals surface area contributed by atoms with Gasteiger partial charge in [-0.3, -0.25) is 0 Å². The molecule has 0 aliphatic carbocycles. The van der Waals surface area contributed by atoms with Crippen molar-refractivity contribution in [1.82, 2.24) is 10.2 Å². The third kappa shape index (κ3) is 1.68. The SMILES string of the molecule is Cc1ccc(F)cc1-c1nnc(Br)o1. The topological polar surface area (TPSA) is 38.9 Å². The van der Waals surface area contributed by atoms with Gasteiger partial charge < -0.3 is 4.42 Å². The molecule has 0 atom stereocenters. The summed E-state index contributed by atoms with van der Waals surface area (Å²) >= 11 is 3.04. The first kappa shape index (κ1) is 9.33. The monoisotopic (exact) mass is 256 g/mol. The number of aromatic nitrogens is 2. The van der Waals surface area contributed by atoms with Crippen LogP contribution in [0.4, 0.5) is 4.39 Å². The zero-order chi connectivity index (χ0) is 10.1. The molecule has 14 heavy (non-hydrogen) atoms. The number of rotatable bonds is 1. The Kier molecular flexibility index (Phi) is 2.33. The van der Waals surface area contributed by atoms with Gasteiger partial charge in [0.2, 0.25) is 5.89 Å². The van der Waals surface area contributed by atoms with Gasteiger partial charge in [0.25, 0.3) is 4.80 Å². The van der Waals surface area contributed by atoms with Crippen molar-refractivity contribution in [2.75, 3.05) is 0 Å². The molecule has 0 saturated carbocycles. The van der Waals surface area contributed by atoms with E-state index in [9.17, 15) is 4.39 Å². The van der Waals surface area contributed by atoms with Crippen molar-refractivity contribution in [2.45, 2.75) is 6.92 Å². The van der Waals surface area contributed by atoms with Crippen LogP contribution in [0.1, 0.15) is 5.56 Å². The van der Waals surface area contributed by atoms with Crippen molar-refractivity contribution in [3.05, 3.63) is 34.4 Å². The predicted molar refractivity (Wildman–Crippen MR) is 52.1 cm³/mol. The van der Waals surface area contributed by atoms with E-state index in [1.165, 1.54) is 12.1 Å². The summed E-state index contributed by atoms with van der Waals surface area (Å²) in [5.74, 6) is -0.00574. The number of halogens is 2. The average molecular weight is 257 g/mol. The van der Waals surface area contributed by atoms with Crippen LogP contribution in [0, 0.1) is 12.7 Å². The maximum atomic E-state index is 12.9. The molecule has 5 heteroatoms. The molecular formula is C9H6BrFN2O. The van der Waals surface area contributed by atoms with Gasteiger partial charge in [-0.1, -0.05) is 6.07 Å². The molecule has 0 N–H and O–H groups in total. The molecule has 1 aromatic carbocycles. The fourth-order valence-corrected chi connectivity index (χ4v) is 1.37. The van der Waals surface area contributed by atoms with Crippen molar-refractivity contribution in [3.63, 3.8) is 0 Å². The molecular weight excluding hydrogens is 251 g/mol. The number of hydrogen-bond acceptors (Lipinski definition) is 3. The molecule has 0 aliphatic rings. The molecule has 0 aliphatic heterocycles. The van der Waals surface area contributed by atoms with Crippen LogP contribution >= 0.6 is 15.9 Å². The molecule has 0 saturated heterocycles. The lowest BCUT2D eigenvalue weighted by molar-refractivity contribution is 0.539. The molecule has 0 unspecified atom stereocenters. The summed E-state index contributed by atoms with van der Waals surface area (Å²) in [6.45, 7) is 1.85. The van der Waals surface area contributed by atoms with Gasteiger partial charge in [0.15, 0.2) is 0 Å². The Labute approximate surface area is 88.1 Å². The molecule has 0 radical (unpaired) electrons. The van der Waals surface area contributed by atoms with Gasteiger partial charge >= 0.3 is 0 Å².